The summed E-state index contributed by atoms with van der Waals surface area (Å²) in [5.41, 5.74) is 0.208. The SMILES string of the molecule is CC(=O)Oc1c(Cc2cccc(C(=O)O)c2OC(C)=O)cccc1C(=O)O. The minimum Gasteiger partial charge on any atom is -0.478 e. The summed E-state index contributed by atoms with van der Waals surface area (Å²) >= 11 is 0. The fourth-order valence-corrected chi connectivity index (χ4v) is 2.52. The van der Waals surface area contributed by atoms with Crippen molar-refractivity contribution >= 4 is 23.9 Å². The second-order valence-electron chi connectivity index (χ2n) is 5.56. The first-order valence-corrected chi connectivity index (χ1v) is 7.78. The predicted octanol–water partition coefficient (Wildman–Crippen LogP) is 2.52. The van der Waals surface area contributed by atoms with E-state index in [1.807, 2.05) is 0 Å². The van der Waals surface area contributed by atoms with Crippen molar-refractivity contribution in [1.82, 2.24) is 0 Å². The average Bonchev–Trinajstić information content (AvgIpc) is 2.56. The van der Waals surface area contributed by atoms with Crippen molar-refractivity contribution in [2.75, 3.05) is 0 Å². The fourth-order valence-electron chi connectivity index (χ4n) is 2.52. The highest BCUT2D eigenvalue weighted by Crippen LogP contribution is 2.32. The van der Waals surface area contributed by atoms with Gasteiger partial charge in [-0.05, 0) is 12.1 Å². The van der Waals surface area contributed by atoms with Crippen molar-refractivity contribution in [1.29, 1.82) is 0 Å². The summed E-state index contributed by atoms with van der Waals surface area (Å²) in [5.74, 6) is -4.27. The zero-order chi connectivity index (χ0) is 20.1. The second-order valence-corrected chi connectivity index (χ2v) is 5.56. The monoisotopic (exact) mass is 372 g/mol. The van der Waals surface area contributed by atoms with Crippen LogP contribution in [-0.2, 0) is 16.0 Å². The van der Waals surface area contributed by atoms with E-state index in [4.69, 9.17) is 9.47 Å². The molecule has 0 aliphatic carbocycles. The fraction of sp³-hybridized carbons (Fsp3) is 0.158. The van der Waals surface area contributed by atoms with Crippen LogP contribution in [0.4, 0.5) is 0 Å². The summed E-state index contributed by atoms with van der Waals surface area (Å²) in [7, 11) is 0. The number of carboxylic acids is 2. The highest BCUT2D eigenvalue weighted by Gasteiger charge is 2.21. The number of hydrogen-bond acceptors (Lipinski definition) is 6. The smallest absolute Gasteiger partial charge is 0.339 e. The van der Waals surface area contributed by atoms with Gasteiger partial charge in [0.2, 0.25) is 0 Å². The number of ether oxygens (including phenoxy) is 2. The minimum absolute atomic E-state index is 0.0204. The summed E-state index contributed by atoms with van der Waals surface area (Å²) in [6, 6.07) is 8.58. The largest absolute Gasteiger partial charge is 0.478 e. The molecule has 0 atom stereocenters. The number of rotatable bonds is 6. The molecular formula is C19H16O8. The third-order valence-electron chi connectivity index (χ3n) is 3.53. The van der Waals surface area contributed by atoms with Crippen LogP contribution in [0.2, 0.25) is 0 Å². The molecule has 0 saturated carbocycles. The first-order valence-electron chi connectivity index (χ1n) is 7.78. The van der Waals surface area contributed by atoms with Crippen LogP contribution in [0.15, 0.2) is 36.4 Å². The topological polar surface area (TPSA) is 127 Å². The third kappa shape index (κ3) is 4.69. The summed E-state index contributed by atoms with van der Waals surface area (Å²) in [4.78, 5) is 45.6. The van der Waals surface area contributed by atoms with Crippen LogP contribution in [0, 0.1) is 0 Å². The number of carbonyl (C=O) groups excluding carboxylic acids is 2. The van der Waals surface area contributed by atoms with Crippen LogP contribution < -0.4 is 9.47 Å². The molecule has 2 aromatic carbocycles. The number of hydrogen-bond donors (Lipinski definition) is 2. The van der Waals surface area contributed by atoms with Gasteiger partial charge in [-0.2, -0.15) is 0 Å². The highest BCUT2D eigenvalue weighted by atomic mass is 16.5. The number of aromatic carboxylic acids is 2. The van der Waals surface area contributed by atoms with Crippen molar-refractivity contribution in [3.63, 3.8) is 0 Å². The molecule has 0 spiro atoms. The third-order valence-corrected chi connectivity index (χ3v) is 3.53. The van der Waals surface area contributed by atoms with Gasteiger partial charge in [0, 0.05) is 31.4 Å². The Kier molecular flexibility index (Phi) is 5.92. The molecule has 8 nitrogen and oxygen atoms in total. The normalized spacial score (nSPS) is 10.1. The molecule has 27 heavy (non-hydrogen) atoms. The van der Waals surface area contributed by atoms with Gasteiger partial charge in [-0.25, -0.2) is 9.59 Å². The zero-order valence-corrected chi connectivity index (χ0v) is 14.5. The van der Waals surface area contributed by atoms with E-state index in [1.54, 1.807) is 0 Å². The standard InChI is InChI=1S/C19H16O8/c1-10(20)26-16-12(5-3-7-14(16)18(22)23)9-13-6-4-8-15(19(24)25)17(13)27-11(2)21/h3-8H,9H2,1-2H3,(H,22,23)(H,24,25). The Hall–Kier alpha value is -3.68. The molecule has 2 aromatic rings. The summed E-state index contributed by atoms with van der Waals surface area (Å²) in [6.45, 7) is 2.27. The lowest BCUT2D eigenvalue weighted by atomic mass is 9.98. The van der Waals surface area contributed by atoms with Gasteiger partial charge < -0.3 is 19.7 Å². The van der Waals surface area contributed by atoms with Crippen molar-refractivity contribution in [2.45, 2.75) is 20.3 Å². The minimum atomic E-state index is -1.28. The van der Waals surface area contributed by atoms with Crippen LogP contribution >= 0.6 is 0 Å². The van der Waals surface area contributed by atoms with Gasteiger partial charge in [0.25, 0.3) is 0 Å². The number of para-hydroxylation sites is 2. The molecule has 0 fully saturated rings. The first kappa shape index (κ1) is 19.6. The molecule has 0 aliphatic rings. The molecule has 0 aliphatic heterocycles. The second kappa shape index (κ2) is 8.13. The van der Waals surface area contributed by atoms with Crippen LogP contribution in [0.5, 0.6) is 11.5 Å². The number of carboxylic acid groups (broad SMARTS) is 2. The van der Waals surface area contributed by atoms with Crippen molar-refractivity contribution in [3.05, 3.63) is 58.7 Å². The number of carbonyl (C=O) groups is 4. The van der Waals surface area contributed by atoms with E-state index in [0.717, 1.165) is 13.8 Å². The van der Waals surface area contributed by atoms with Gasteiger partial charge in [0.05, 0.1) is 0 Å². The van der Waals surface area contributed by atoms with Crippen molar-refractivity contribution in [2.24, 2.45) is 0 Å². The maximum absolute atomic E-state index is 11.4. The van der Waals surface area contributed by atoms with Crippen LogP contribution in [0.25, 0.3) is 0 Å². The van der Waals surface area contributed by atoms with E-state index in [9.17, 15) is 29.4 Å². The molecule has 2 N–H and O–H groups in total. The highest BCUT2D eigenvalue weighted by molar-refractivity contribution is 5.93. The predicted molar refractivity (Wildman–Crippen MR) is 92.2 cm³/mol. The summed E-state index contributed by atoms with van der Waals surface area (Å²) < 4.78 is 10.1. The average molecular weight is 372 g/mol. The zero-order valence-electron chi connectivity index (χ0n) is 14.5. The summed E-state index contributed by atoms with van der Waals surface area (Å²) in [5, 5.41) is 18.6. The molecule has 0 amide bonds. The molecule has 0 bridgehead atoms. The Bertz CT molecular complexity index is 854. The number of benzene rings is 2. The first-order chi connectivity index (χ1) is 12.7. The Labute approximate surface area is 154 Å². The lowest BCUT2D eigenvalue weighted by molar-refractivity contribution is -0.132. The van der Waals surface area contributed by atoms with E-state index in [2.05, 4.69) is 0 Å². The van der Waals surface area contributed by atoms with Gasteiger partial charge in [-0.3, -0.25) is 9.59 Å². The lowest BCUT2D eigenvalue weighted by Crippen LogP contribution is -2.12. The van der Waals surface area contributed by atoms with E-state index >= 15 is 0 Å². The van der Waals surface area contributed by atoms with Gasteiger partial charge >= 0.3 is 23.9 Å². The van der Waals surface area contributed by atoms with Gasteiger partial charge in [0.1, 0.15) is 22.6 Å². The molecule has 8 heteroatoms. The maximum atomic E-state index is 11.4. The Morgan fingerprint density at radius 2 is 1.11 bits per heavy atom. The molecule has 0 saturated heterocycles. The van der Waals surface area contributed by atoms with Gasteiger partial charge in [0.15, 0.2) is 0 Å². The molecule has 0 heterocycles. The number of esters is 2. The van der Waals surface area contributed by atoms with Gasteiger partial charge in [-0.15, -0.1) is 0 Å². The van der Waals surface area contributed by atoms with Gasteiger partial charge in [-0.1, -0.05) is 24.3 Å². The van der Waals surface area contributed by atoms with Crippen LogP contribution in [-0.4, -0.2) is 34.1 Å². The molecule has 0 aromatic heterocycles. The molecule has 140 valence electrons. The van der Waals surface area contributed by atoms with E-state index in [0.29, 0.717) is 11.1 Å². The summed E-state index contributed by atoms with van der Waals surface area (Å²) in [6.07, 6.45) is -0.0204. The van der Waals surface area contributed by atoms with E-state index in [1.165, 1.54) is 36.4 Å². The Morgan fingerprint density at radius 3 is 1.41 bits per heavy atom. The molecule has 2 rings (SSSR count). The van der Waals surface area contributed by atoms with Crippen LogP contribution in [0.3, 0.4) is 0 Å². The Morgan fingerprint density at radius 1 is 0.741 bits per heavy atom. The van der Waals surface area contributed by atoms with Crippen LogP contribution in [0.1, 0.15) is 45.7 Å². The van der Waals surface area contributed by atoms with Crippen molar-refractivity contribution < 1.29 is 38.9 Å². The maximum Gasteiger partial charge on any atom is 0.339 e. The van der Waals surface area contributed by atoms with Crippen molar-refractivity contribution in [3.8, 4) is 11.5 Å². The quantitative estimate of drug-likeness (QED) is 0.585. The molecule has 0 unspecified atom stereocenters. The lowest BCUT2D eigenvalue weighted by Gasteiger charge is -2.15. The van der Waals surface area contributed by atoms with E-state index < -0.39 is 23.9 Å². The van der Waals surface area contributed by atoms with E-state index in [-0.39, 0.29) is 29.0 Å². The molecule has 0 radical (unpaired) electrons. The Balaban J connectivity index is 2.60. The molecular weight excluding hydrogens is 356 g/mol.